The Morgan fingerprint density at radius 1 is 1.40 bits per heavy atom. The molecule has 0 spiro atoms. The van der Waals surface area contributed by atoms with E-state index in [-0.39, 0.29) is 0 Å². The molecule has 0 amide bonds. The van der Waals surface area contributed by atoms with Crippen molar-refractivity contribution in [3.05, 3.63) is 16.6 Å². The molecule has 1 aromatic heterocycles. The van der Waals surface area contributed by atoms with Gasteiger partial charge in [-0.15, -0.1) is 11.3 Å². The monoisotopic (exact) mass is 226 g/mol. The molecule has 1 unspecified atom stereocenters. The number of nitrogens with zero attached hydrogens (tertiary/aromatic N) is 1. The van der Waals surface area contributed by atoms with E-state index in [9.17, 15) is 0 Å². The molecule has 2 nitrogen and oxygen atoms in total. The summed E-state index contributed by atoms with van der Waals surface area (Å²) in [6, 6.07) is 0.457. The summed E-state index contributed by atoms with van der Waals surface area (Å²) < 4.78 is 0. The molecule has 0 saturated heterocycles. The first-order chi connectivity index (χ1) is 7.24. The van der Waals surface area contributed by atoms with E-state index in [1.807, 2.05) is 5.51 Å². The van der Waals surface area contributed by atoms with Crippen LogP contribution in [0.2, 0.25) is 0 Å². The summed E-state index contributed by atoms with van der Waals surface area (Å²) >= 11 is 1.68. The molecule has 3 heteroatoms. The van der Waals surface area contributed by atoms with Crippen molar-refractivity contribution in [2.24, 2.45) is 5.92 Å². The lowest BCUT2D eigenvalue weighted by Gasteiger charge is -2.17. The smallest absolute Gasteiger partial charge is 0.0795 e. The molecule has 0 aliphatic carbocycles. The van der Waals surface area contributed by atoms with Crippen LogP contribution in [-0.4, -0.2) is 11.5 Å². The highest BCUT2D eigenvalue weighted by atomic mass is 32.1. The van der Waals surface area contributed by atoms with E-state index in [2.05, 4.69) is 36.5 Å². The van der Waals surface area contributed by atoms with Gasteiger partial charge in [-0.3, -0.25) is 0 Å². The fourth-order valence-corrected chi connectivity index (χ4v) is 2.18. The number of aromatic nitrogens is 1. The summed E-state index contributed by atoms with van der Waals surface area (Å²) in [5, 5.41) is 5.73. The molecule has 0 aliphatic rings. The zero-order valence-corrected chi connectivity index (χ0v) is 10.8. The molecule has 86 valence electrons. The van der Waals surface area contributed by atoms with Crippen molar-refractivity contribution in [2.75, 3.05) is 6.54 Å². The average Bonchev–Trinajstić information content (AvgIpc) is 2.71. The SMILES string of the molecule is CCCNC(CCC(C)C)c1cscn1. The summed E-state index contributed by atoms with van der Waals surface area (Å²) in [7, 11) is 0. The lowest BCUT2D eigenvalue weighted by molar-refractivity contribution is 0.435. The maximum Gasteiger partial charge on any atom is 0.0795 e. The van der Waals surface area contributed by atoms with Gasteiger partial charge in [-0.2, -0.15) is 0 Å². The highest BCUT2D eigenvalue weighted by molar-refractivity contribution is 7.07. The molecule has 1 aromatic rings. The number of thiazole rings is 1. The van der Waals surface area contributed by atoms with Crippen molar-refractivity contribution in [3.63, 3.8) is 0 Å². The minimum absolute atomic E-state index is 0.457. The van der Waals surface area contributed by atoms with E-state index in [1.54, 1.807) is 11.3 Å². The normalized spacial score (nSPS) is 13.3. The molecule has 0 fully saturated rings. The Labute approximate surface area is 97.1 Å². The fourth-order valence-electron chi connectivity index (χ4n) is 1.57. The Hall–Kier alpha value is -0.410. The molecule has 1 atom stereocenters. The van der Waals surface area contributed by atoms with Crippen LogP contribution >= 0.6 is 11.3 Å². The van der Waals surface area contributed by atoms with Crippen molar-refractivity contribution in [3.8, 4) is 0 Å². The van der Waals surface area contributed by atoms with E-state index < -0.39 is 0 Å². The van der Waals surface area contributed by atoms with E-state index in [0.29, 0.717) is 6.04 Å². The minimum Gasteiger partial charge on any atom is -0.309 e. The molecule has 1 heterocycles. The van der Waals surface area contributed by atoms with E-state index in [4.69, 9.17) is 0 Å². The van der Waals surface area contributed by atoms with Crippen LogP contribution in [0.4, 0.5) is 0 Å². The van der Waals surface area contributed by atoms with E-state index in [0.717, 1.165) is 12.5 Å². The van der Waals surface area contributed by atoms with Crippen molar-refractivity contribution >= 4 is 11.3 Å². The molecule has 1 N–H and O–H groups in total. The number of nitrogens with one attached hydrogen (secondary N) is 1. The summed E-state index contributed by atoms with van der Waals surface area (Å²) in [5.41, 5.74) is 3.14. The number of hydrogen-bond acceptors (Lipinski definition) is 3. The third kappa shape index (κ3) is 4.76. The summed E-state index contributed by atoms with van der Waals surface area (Å²) in [5.74, 6) is 0.773. The Morgan fingerprint density at radius 2 is 2.20 bits per heavy atom. The van der Waals surface area contributed by atoms with Gasteiger partial charge in [0.1, 0.15) is 0 Å². The van der Waals surface area contributed by atoms with Crippen LogP contribution in [-0.2, 0) is 0 Å². The predicted molar refractivity (Wildman–Crippen MR) is 67.2 cm³/mol. The van der Waals surface area contributed by atoms with Gasteiger partial charge in [0.2, 0.25) is 0 Å². The molecule has 1 rings (SSSR count). The molecule has 0 bridgehead atoms. The minimum atomic E-state index is 0.457. The van der Waals surface area contributed by atoms with Crippen LogP contribution < -0.4 is 5.32 Å². The largest absolute Gasteiger partial charge is 0.309 e. The van der Waals surface area contributed by atoms with Crippen LogP contribution in [0.25, 0.3) is 0 Å². The first-order valence-electron chi connectivity index (χ1n) is 5.85. The second-order valence-electron chi connectivity index (χ2n) is 4.39. The van der Waals surface area contributed by atoms with Crippen LogP contribution in [0.3, 0.4) is 0 Å². The second kappa shape index (κ2) is 6.96. The van der Waals surface area contributed by atoms with Gasteiger partial charge < -0.3 is 5.32 Å². The lowest BCUT2D eigenvalue weighted by atomic mass is 10.0. The van der Waals surface area contributed by atoms with Gasteiger partial charge in [-0.1, -0.05) is 20.8 Å². The van der Waals surface area contributed by atoms with Crippen LogP contribution in [0.5, 0.6) is 0 Å². The predicted octanol–water partition coefficient (Wildman–Crippen LogP) is 3.62. The van der Waals surface area contributed by atoms with Crippen molar-refractivity contribution in [1.82, 2.24) is 10.3 Å². The molecule has 0 aliphatic heterocycles. The first kappa shape index (κ1) is 12.7. The highest BCUT2D eigenvalue weighted by Gasteiger charge is 2.12. The van der Waals surface area contributed by atoms with Crippen LogP contribution in [0, 0.1) is 5.92 Å². The highest BCUT2D eigenvalue weighted by Crippen LogP contribution is 2.20. The number of hydrogen-bond donors (Lipinski definition) is 1. The standard InChI is InChI=1S/C12H22N2S/c1-4-7-13-11(6-5-10(2)3)12-8-15-9-14-12/h8-11,13H,4-7H2,1-3H3. The van der Waals surface area contributed by atoms with E-state index >= 15 is 0 Å². The molecular formula is C12H22N2S. The molecule has 0 aromatic carbocycles. The Bertz CT molecular complexity index is 244. The zero-order chi connectivity index (χ0) is 11.1. The Kier molecular flexibility index (Phi) is 5.88. The van der Waals surface area contributed by atoms with Gasteiger partial charge in [0.15, 0.2) is 0 Å². The summed E-state index contributed by atoms with van der Waals surface area (Å²) in [4.78, 5) is 4.40. The lowest BCUT2D eigenvalue weighted by Crippen LogP contribution is -2.22. The maximum atomic E-state index is 4.40. The molecule has 15 heavy (non-hydrogen) atoms. The number of rotatable bonds is 7. The molecule has 0 radical (unpaired) electrons. The third-order valence-electron chi connectivity index (χ3n) is 2.48. The second-order valence-corrected chi connectivity index (χ2v) is 5.11. The van der Waals surface area contributed by atoms with Gasteiger partial charge in [-0.25, -0.2) is 4.98 Å². The first-order valence-corrected chi connectivity index (χ1v) is 6.79. The van der Waals surface area contributed by atoms with E-state index in [1.165, 1.54) is 25.0 Å². The zero-order valence-electron chi connectivity index (χ0n) is 9.99. The molecule has 0 saturated carbocycles. The average molecular weight is 226 g/mol. The van der Waals surface area contributed by atoms with Gasteiger partial charge in [-0.05, 0) is 31.7 Å². The Balaban J connectivity index is 2.46. The van der Waals surface area contributed by atoms with Crippen LogP contribution in [0.1, 0.15) is 51.8 Å². The topological polar surface area (TPSA) is 24.9 Å². The molecular weight excluding hydrogens is 204 g/mol. The van der Waals surface area contributed by atoms with Crippen molar-refractivity contribution < 1.29 is 0 Å². The maximum absolute atomic E-state index is 4.40. The van der Waals surface area contributed by atoms with Gasteiger partial charge in [0.05, 0.1) is 17.2 Å². The van der Waals surface area contributed by atoms with Crippen LogP contribution in [0.15, 0.2) is 10.9 Å². The summed E-state index contributed by atoms with van der Waals surface area (Å²) in [6.07, 6.45) is 3.64. The fraction of sp³-hybridized carbons (Fsp3) is 0.750. The van der Waals surface area contributed by atoms with Gasteiger partial charge in [0, 0.05) is 5.38 Å². The van der Waals surface area contributed by atoms with Crippen molar-refractivity contribution in [1.29, 1.82) is 0 Å². The van der Waals surface area contributed by atoms with Gasteiger partial charge >= 0.3 is 0 Å². The summed E-state index contributed by atoms with van der Waals surface area (Å²) in [6.45, 7) is 7.84. The third-order valence-corrected chi connectivity index (χ3v) is 3.09. The van der Waals surface area contributed by atoms with Gasteiger partial charge in [0.25, 0.3) is 0 Å². The quantitative estimate of drug-likeness (QED) is 0.768. The Morgan fingerprint density at radius 3 is 2.73 bits per heavy atom. The van der Waals surface area contributed by atoms with Crippen molar-refractivity contribution in [2.45, 2.75) is 46.1 Å².